The number of rotatable bonds is 5. The molecular formula is C22H21ClN2O3. The molecule has 2 aromatic rings. The molecule has 0 spiro atoms. The summed E-state index contributed by atoms with van der Waals surface area (Å²) >= 11 is 5.87. The van der Waals surface area contributed by atoms with Gasteiger partial charge in [-0.15, -0.1) is 0 Å². The molecule has 3 rings (SSSR count). The van der Waals surface area contributed by atoms with Gasteiger partial charge in [-0.2, -0.15) is 0 Å². The molecule has 144 valence electrons. The van der Waals surface area contributed by atoms with E-state index in [-0.39, 0.29) is 17.6 Å². The quantitative estimate of drug-likeness (QED) is 0.568. The van der Waals surface area contributed by atoms with Crippen LogP contribution in [-0.2, 0) is 9.59 Å². The van der Waals surface area contributed by atoms with Crippen LogP contribution in [0.1, 0.15) is 30.1 Å². The van der Waals surface area contributed by atoms with E-state index in [0.717, 1.165) is 0 Å². The zero-order chi connectivity index (χ0) is 20.1. The van der Waals surface area contributed by atoms with Crippen molar-refractivity contribution in [2.75, 3.05) is 10.6 Å². The lowest BCUT2D eigenvalue weighted by atomic mass is 9.81. The zero-order valence-electron chi connectivity index (χ0n) is 15.4. The van der Waals surface area contributed by atoms with Crippen LogP contribution in [0.2, 0.25) is 5.02 Å². The van der Waals surface area contributed by atoms with Crippen molar-refractivity contribution in [2.24, 2.45) is 11.8 Å². The van der Waals surface area contributed by atoms with Gasteiger partial charge in [0.2, 0.25) is 11.8 Å². The largest absolute Gasteiger partial charge is 0.326 e. The molecule has 0 aromatic heterocycles. The molecule has 0 radical (unpaired) electrons. The average molecular weight is 397 g/mol. The van der Waals surface area contributed by atoms with E-state index in [1.54, 1.807) is 48.5 Å². The molecular weight excluding hydrogens is 376 g/mol. The van der Waals surface area contributed by atoms with Gasteiger partial charge in [-0.3, -0.25) is 14.4 Å². The van der Waals surface area contributed by atoms with Gasteiger partial charge in [0.25, 0.3) is 0 Å². The molecule has 5 nitrogen and oxygen atoms in total. The third-order valence-corrected chi connectivity index (χ3v) is 5.03. The number of Topliss-reactive ketones (excluding diaryl/α,β-unsaturated/α-hetero) is 1. The Kier molecular flexibility index (Phi) is 6.26. The fourth-order valence-corrected chi connectivity index (χ4v) is 3.31. The van der Waals surface area contributed by atoms with Crippen molar-refractivity contribution in [3.63, 3.8) is 0 Å². The number of carbonyl (C=O) groups excluding carboxylic acids is 3. The maximum Gasteiger partial charge on any atom is 0.228 e. The Morgan fingerprint density at radius 2 is 1.21 bits per heavy atom. The Balaban J connectivity index is 1.68. The highest BCUT2D eigenvalue weighted by molar-refractivity contribution is 6.30. The minimum Gasteiger partial charge on any atom is -0.326 e. The Bertz CT molecular complexity index is 904. The zero-order valence-corrected chi connectivity index (χ0v) is 16.2. The lowest BCUT2D eigenvalue weighted by molar-refractivity contribution is -0.129. The smallest absolute Gasteiger partial charge is 0.228 e. The fraction of sp³-hybridized carbons (Fsp3) is 0.227. The van der Waals surface area contributed by atoms with E-state index >= 15 is 0 Å². The van der Waals surface area contributed by atoms with Crippen LogP contribution in [0.25, 0.3) is 0 Å². The van der Waals surface area contributed by atoms with E-state index in [2.05, 4.69) is 10.6 Å². The van der Waals surface area contributed by atoms with Crippen molar-refractivity contribution in [1.29, 1.82) is 0 Å². The summed E-state index contributed by atoms with van der Waals surface area (Å²) in [6.07, 6.45) is 4.85. The van der Waals surface area contributed by atoms with Gasteiger partial charge in [-0.05, 0) is 68.3 Å². The van der Waals surface area contributed by atoms with Crippen LogP contribution in [0.5, 0.6) is 0 Å². The monoisotopic (exact) mass is 396 g/mol. The predicted molar refractivity (Wildman–Crippen MR) is 111 cm³/mol. The van der Waals surface area contributed by atoms with Crippen molar-refractivity contribution < 1.29 is 14.4 Å². The number of ketones is 1. The van der Waals surface area contributed by atoms with Crippen LogP contribution in [0.4, 0.5) is 11.4 Å². The number of nitrogens with one attached hydrogen (secondary N) is 2. The van der Waals surface area contributed by atoms with Crippen LogP contribution in [0, 0.1) is 11.8 Å². The van der Waals surface area contributed by atoms with Gasteiger partial charge < -0.3 is 10.6 Å². The summed E-state index contributed by atoms with van der Waals surface area (Å²) in [7, 11) is 0. The number of carbonyl (C=O) groups is 3. The minimum atomic E-state index is -0.468. The lowest BCUT2D eigenvalue weighted by Gasteiger charge is -2.26. The second-order valence-corrected chi connectivity index (χ2v) is 7.21. The van der Waals surface area contributed by atoms with E-state index in [1.165, 1.54) is 6.92 Å². The van der Waals surface area contributed by atoms with Crippen LogP contribution in [0.15, 0.2) is 60.7 Å². The Labute approximate surface area is 168 Å². The Morgan fingerprint density at radius 1 is 0.786 bits per heavy atom. The number of benzene rings is 2. The molecule has 0 saturated carbocycles. The van der Waals surface area contributed by atoms with Crippen molar-refractivity contribution in [3.8, 4) is 0 Å². The molecule has 2 atom stereocenters. The van der Waals surface area contributed by atoms with Crippen LogP contribution >= 0.6 is 11.6 Å². The topological polar surface area (TPSA) is 75.3 Å². The fourth-order valence-electron chi connectivity index (χ4n) is 3.19. The second kappa shape index (κ2) is 8.85. The van der Waals surface area contributed by atoms with Crippen LogP contribution < -0.4 is 10.6 Å². The average Bonchev–Trinajstić information content (AvgIpc) is 2.70. The number of hydrogen-bond acceptors (Lipinski definition) is 3. The predicted octanol–water partition coefficient (Wildman–Crippen LogP) is 4.70. The van der Waals surface area contributed by atoms with Gasteiger partial charge >= 0.3 is 0 Å². The van der Waals surface area contributed by atoms with Crippen LogP contribution in [0.3, 0.4) is 0 Å². The molecule has 0 aliphatic heterocycles. The van der Waals surface area contributed by atoms with E-state index in [0.29, 0.717) is 34.8 Å². The first kappa shape index (κ1) is 19.8. The number of anilines is 2. The van der Waals surface area contributed by atoms with E-state index in [9.17, 15) is 14.4 Å². The summed E-state index contributed by atoms with van der Waals surface area (Å²) in [5.41, 5.74) is 1.82. The first-order valence-corrected chi connectivity index (χ1v) is 9.45. The molecule has 2 amide bonds. The molecule has 2 N–H and O–H groups in total. The highest BCUT2D eigenvalue weighted by Gasteiger charge is 2.34. The summed E-state index contributed by atoms with van der Waals surface area (Å²) in [6, 6.07) is 13.6. The second-order valence-electron chi connectivity index (χ2n) is 6.77. The number of hydrogen-bond donors (Lipinski definition) is 2. The van der Waals surface area contributed by atoms with E-state index in [1.807, 2.05) is 12.2 Å². The van der Waals surface area contributed by atoms with Crippen molar-refractivity contribution >= 4 is 40.6 Å². The number of amides is 2. The molecule has 1 aliphatic rings. The summed E-state index contributed by atoms with van der Waals surface area (Å²) in [5, 5.41) is 6.30. The van der Waals surface area contributed by atoms with Crippen molar-refractivity contribution in [1.82, 2.24) is 0 Å². The summed E-state index contributed by atoms with van der Waals surface area (Å²) in [5.74, 6) is -1.37. The standard InChI is InChI=1S/C22H21ClN2O3/c1-14(26)15-6-10-17(11-7-15)24-21(27)19-4-2-3-5-20(19)22(28)25-18-12-8-16(23)9-13-18/h2-3,6-13,19-20H,4-5H2,1H3,(H,24,27)(H,25,28). The number of halogens is 1. The molecule has 1 aliphatic carbocycles. The van der Waals surface area contributed by atoms with Gasteiger partial charge in [0.15, 0.2) is 5.78 Å². The van der Waals surface area contributed by atoms with Gasteiger partial charge in [0, 0.05) is 22.0 Å². The highest BCUT2D eigenvalue weighted by atomic mass is 35.5. The Hall–Kier alpha value is -2.92. The van der Waals surface area contributed by atoms with Gasteiger partial charge in [-0.25, -0.2) is 0 Å². The third-order valence-electron chi connectivity index (χ3n) is 4.78. The molecule has 2 aromatic carbocycles. The summed E-state index contributed by atoms with van der Waals surface area (Å²) in [4.78, 5) is 36.9. The van der Waals surface area contributed by atoms with E-state index < -0.39 is 11.8 Å². The molecule has 2 unspecified atom stereocenters. The third kappa shape index (κ3) is 4.87. The Morgan fingerprint density at radius 3 is 1.64 bits per heavy atom. The van der Waals surface area contributed by atoms with Crippen molar-refractivity contribution in [2.45, 2.75) is 19.8 Å². The van der Waals surface area contributed by atoms with Crippen LogP contribution in [-0.4, -0.2) is 17.6 Å². The highest BCUT2D eigenvalue weighted by Crippen LogP contribution is 2.28. The minimum absolute atomic E-state index is 0.0331. The molecule has 6 heteroatoms. The SMILES string of the molecule is CC(=O)c1ccc(NC(=O)C2CC=CCC2C(=O)Nc2ccc(Cl)cc2)cc1. The van der Waals surface area contributed by atoms with Gasteiger partial charge in [-0.1, -0.05) is 23.8 Å². The maximum absolute atomic E-state index is 12.8. The van der Waals surface area contributed by atoms with Gasteiger partial charge in [0.05, 0.1) is 11.8 Å². The normalized spacial score (nSPS) is 18.4. The molecule has 0 bridgehead atoms. The first-order valence-electron chi connectivity index (χ1n) is 9.07. The van der Waals surface area contributed by atoms with E-state index in [4.69, 9.17) is 11.6 Å². The van der Waals surface area contributed by atoms with Gasteiger partial charge in [0.1, 0.15) is 0 Å². The summed E-state index contributed by atoms with van der Waals surface area (Å²) < 4.78 is 0. The first-order chi connectivity index (χ1) is 13.4. The van der Waals surface area contributed by atoms with Crippen molar-refractivity contribution in [3.05, 3.63) is 71.3 Å². The molecule has 0 fully saturated rings. The maximum atomic E-state index is 12.8. The summed E-state index contributed by atoms with van der Waals surface area (Å²) in [6.45, 7) is 1.49. The number of allylic oxidation sites excluding steroid dienone is 2. The molecule has 0 heterocycles. The molecule has 28 heavy (non-hydrogen) atoms. The molecule has 0 saturated heterocycles. The lowest BCUT2D eigenvalue weighted by Crippen LogP contribution is -2.37.